The van der Waals surface area contributed by atoms with Gasteiger partial charge in [0.25, 0.3) is 0 Å². The van der Waals surface area contributed by atoms with Crippen molar-refractivity contribution in [2.75, 3.05) is 19.7 Å². The van der Waals surface area contributed by atoms with E-state index >= 15 is 0 Å². The molecule has 2 N–H and O–H groups in total. The molecular formula is C24H35N5O2S. The molecule has 8 heteroatoms. The number of nitrogens with two attached hydrogens (primary N) is 1. The van der Waals surface area contributed by atoms with Crippen LogP contribution in [0.4, 0.5) is 0 Å². The van der Waals surface area contributed by atoms with Gasteiger partial charge in [-0.2, -0.15) is 5.10 Å². The van der Waals surface area contributed by atoms with Crippen molar-refractivity contribution in [2.45, 2.75) is 70.7 Å². The highest BCUT2D eigenvalue weighted by Gasteiger charge is 2.23. The molecule has 0 bridgehead atoms. The Labute approximate surface area is 195 Å². The number of nitrogens with zero attached hydrogens (tertiary/aromatic N) is 4. The molecule has 32 heavy (non-hydrogen) atoms. The van der Waals surface area contributed by atoms with Gasteiger partial charge in [-0.1, -0.05) is 30.3 Å². The SMILES string of the molecule is NC(=O)CCc1nn(CN2CCC(CCc3ccccc3)CC2)c(=S)n1CC1CCCO1. The normalized spacial score (nSPS) is 20.1. The van der Waals surface area contributed by atoms with E-state index in [0.29, 0.717) is 24.4 Å². The average molecular weight is 458 g/mol. The lowest BCUT2D eigenvalue weighted by molar-refractivity contribution is -0.118. The third kappa shape index (κ3) is 6.27. The zero-order valence-electron chi connectivity index (χ0n) is 18.8. The van der Waals surface area contributed by atoms with Crippen LogP contribution in [0.25, 0.3) is 0 Å². The number of aryl methyl sites for hydroxylation is 2. The van der Waals surface area contributed by atoms with Gasteiger partial charge >= 0.3 is 0 Å². The standard InChI is InChI=1S/C24H35N5O2S/c25-22(30)10-11-23-26-29(24(32)28(23)17-21-7-4-16-31-21)18-27-14-12-20(13-15-27)9-8-19-5-2-1-3-6-19/h1-3,5-6,20-21H,4,7-18H2,(H2,25,30). The monoisotopic (exact) mass is 457 g/mol. The van der Waals surface area contributed by atoms with E-state index in [-0.39, 0.29) is 18.4 Å². The van der Waals surface area contributed by atoms with Gasteiger partial charge in [0.1, 0.15) is 5.82 Å². The van der Waals surface area contributed by atoms with Gasteiger partial charge in [-0.15, -0.1) is 0 Å². The Kier molecular flexibility index (Phi) is 8.10. The molecule has 1 aromatic carbocycles. The summed E-state index contributed by atoms with van der Waals surface area (Å²) in [4.78, 5) is 13.8. The number of hydrogen-bond acceptors (Lipinski definition) is 5. The summed E-state index contributed by atoms with van der Waals surface area (Å²) in [6.45, 7) is 4.34. The average Bonchev–Trinajstić information content (AvgIpc) is 3.42. The fourth-order valence-corrected chi connectivity index (χ4v) is 5.07. The van der Waals surface area contributed by atoms with Crippen LogP contribution in [0.2, 0.25) is 0 Å². The van der Waals surface area contributed by atoms with Gasteiger partial charge in [0.2, 0.25) is 5.91 Å². The van der Waals surface area contributed by atoms with Gasteiger partial charge in [-0.3, -0.25) is 9.69 Å². The van der Waals surface area contributed by atoms with Gasteiger partial charge in [0.05, 0.1) is 19.3 Å². The number of carbonyl (C=O) groups excluding carboxylic acids is 1. The largest absolute Gasteiger partial charge is 0.376 e. The summed E-state index contributed by atoms with van der Waals surface area (Å²) >= 11 is 5.78. The molecule has 0 saturated carbocycles. The summed E-state index contributed by atoms with van der Waals surface area (Å²) in [5.74, 6) is 1.30. The lowest BCUT2D eigenvalue weighted by atomic mass is 9.91. The van der Waals surface area contributed by atoms with Crippen molar-refractivity contribution in [2.24, 2.45) is 11.7 Å². The van der Waals surface area contributed by atoms with Crippen LogP contribution >= 0.6 is 12.2 Å². The van der Waals surface area contributed by atoms with Crippen LogP contribution in [-0.2, 0) is 35.6 Å². The molecule has 3 heterocycles. The minimum absolute atomic E-state index is 0.173. The van der Waals surface area contributed by atoms with Gasteiger partial charge in [-0.25, -0.2) is 4.68 Å². The Morgan fingerprint density at radius 1 is 1.16 bits per heavy atom. The quantitative estimate of drug-likeness (QED) is 0.554. The number of rotatable bonds is 10. The highest BCUT2D eigenvalue weighted by Crippen LogP contribution is 2.23. The second-order valence-corrected chi connectivity index (χ2v) is 9.50. The third-order valence-corrected chi connectivity index (χ3v) is 7.16. The fraction of sp³-hybridized carbons (Fsp3) is 0.625. The van der Waals surface area contributed by atoms with Crippen molar-refractivity contribution in [1.82, 2.24) is 19.2 Å². The van der Waals surface area contributed by atoms with Crippen LogP contribution in [-0.4, -0.2) is 51.0 Å². The fourth-order valence-electron chi connectivity index (χ4n) is 4.79. The van der Waals surface area contributed by atoms with Crippen LogP contribution < -0.4 is 5.73 Å². The van der Waals surface area contributed by atoms with Crippen molar-refractivity contribution in [3.63, 3.8) is 0 Å². The Bertz CT molecular complexity index is 928. The molecule has 0 spiro atoms. The van der Waals surface area contributed by atoms with Crippen molar-refractivity contribution >= 4 is 18.1 Å². The molecule has 2 fully saturated rings. The minimum Gasteiger partial charge on any atom is -0.376 e. The molecule has 1 aromatic heterocycles. The highest BCUT2D eigenvalue weighted by molar-refractivity contribution is 7.71. The molecule has 2 saturated heterocycles. The lowest BCUT2D eigenvalue weighted by Crippen LogP contribution is -2.35. The number of carbonyl (C=O) groups is 1. The second kappa shape index (κ2) is 11.2. The molecule has 1 atom stereocenters. The maximum atomic E-state index is 11.3. The molecule has 2 aliphatic rings. The summed E-state index contributed by atoms with van der Waals surface area (Å²) in [5, 5.41) is 4.78. The predicted molar refractivity (Wildman–Crippen MR) is 127 cm³/mol. The molecule has 2 aliphatic heterocycles. The number of benzene rings is 1. The third-order valence-electron chi connectivity index (χ3n) is 6.73. The molecule has 0 radical (unpaired) electrons. The van der Waals surface area contributed by atoms with Gasteiger partial charge < -0.3 is 15.0 Å². The zero-order chi connectivity index (χ0) is 22.3. The molecule has 174 valence electrons. The van der Waals surface area contributed by atoms with E-state index in [2.05, 4.69) is 39.8 Å². The Morgan fingerprint density at radius 2 is 1.94 bits per heavy atom. The zero-order valence-corrected chi connectivity index (χ0v) is 19.6. The van der Waals surface area contributed by atoms with E-state index in [0.717, 1.165) is 50.7 Å². The molecule has 1 unspecified atom stereocenters. The summed E-state index contributed by atoms with van der Waals surface area (Å²) < 4.78 is 10.5. The first-order valence-corrected chi connectivity index (χ1v) is 12.3. The number of amides is 1. The number of ether oxygens (including phenoxy) is 1. The van der Waals surface area contributed by atoms with Crippen LogP contribution in [0.15, 0.2) is 30.3 Å². The second-order valence-electron chi connectivity index (χ2n) is 9.14. The van der Waals surface area contributed by atoms with Crippen LogP contribution in [0.1, 0.15) is 49.9 Å². The minimum atomic E-state index is -0.313. The molecular weight excluding hydrogens is 422 g/mol. The van der Waals surface area contributed by atoms with E-state index in [9.17, 15) is 4.79 Å². The van der Waals surface area contributed by atoms with E-state index in [1.54, 1.807) is 0 Å². The summed E-state index contributed by atoms with van der Waals surface area (Å²) in [5.41, 5.74) is 6.81. The van der Waals surface area contributed by atoms with Gasteiger partial charge in [0, 0.05) is 32.5 Å². The lowest BCUT2D eigenvalue weighted by Gasteiger charge is -2.31. The number of primary amides is 1. The molecule has 4 rings (SSSR count). The first kappa shape index (κ1) is 23.1. The maximum Gasteiger partial charge on any atom is 0.217 e. The Balaban J connectivity index is 1.34. The van der Waals surface area contributed by atoms with Crippen LogP contribution in [0.3, 0.4) is 0 Å². The predicted octanol–water partition coefficient (Wildman–Crippen LogP) is 3.31. The topological polar surface area (TPSA) is 78.3 Å². The van der Waals surface area contributed by atoms with E-state index in [1.165, 1.54) is 24.8 Å². The van der Waals surface area contributed by atoms with Gasteiger partial charge in [0.15, 0.2) is 4.77 Å². The van der Waals surface area contributed by atoms with Crippen molar-refractivity contribution in [1.29, 1.82) is 0 Å². The highest BCUT2D eigenvalue weighted by atomic mass is 32.1. The smallest absolute Gasteiger partial charge is 0.217 e. The number of hydrogen-bond donors (Lipinski definition) is 1. The summed E-state index contributed by atoms with van der Waals surface area (Å²) in [7, 11) is 0. The number of likely N-dealkylation sites (tertiary alicyclic amines) is 1. The van der Waals surface area contributed by atoms with Gasteiger partial charge in [-0.05, 0) is 62.2 Å². The van der Waals surface area contributed by atoms with Crippen LogP contribution in [0, 0.1) is 10.7 Å². The number of piperidine rings is 1. The molecule has 7 nitrogen and oxygen atoms in total. The molecule has 0 aliphatic carbocycles. The number of aromatic nitrogens is 3. The van der Waals surface area contributed by atoms with E-state index in [4.69, 9.17) is 27.8 Å². The van der Waals surface area contributed by atoms with Crippen molar-refractivity contribution < 1.29 is 9.53 Å². The Morgan fingerprint density at radius 3 is 2.62 bits per heavy atom. The molecule has 2 aromatic rings. The van der Waals surface area contributed by atoms with Crippen molar-refractivity contribution in [3.8, 4) is 0 Å². The van der Waals surface area contributed by atoms with E-state index < -0.39 is 0 Å². The summed E-state index contributed by atoms with van der Waals surface area (Å²) in [6, 6.07) is 10.8. The van der Waals surface area contributed by atoms with Crippen molar-refractivity contribution in [3.05, 3.63) is 46.5 Å². The Hall–Kier alpha value is -2.03. The maximum absolute atomic E-state index is 11.3. The van der Waals surface area contributed by atoms with E-state index in [1.807, 2.05) is 4.68 Å². The molecule has 1 amide bonds. The first-order valence-electron chi connectivity index (χ1n) is 11.9. The first-order chi connectivity index (χ1) is 15.6. The van der Waals surface area contributed by atoms with Crippen LogP contribution in [0.5, 0.6) is 0 Å². The summed E-state index contributed by atoms with van der Waals surface area (Å²) in [6.07, 6.45) is 7.94.